The molecule has 2 aromatic carbocycles. The Hall–Kier alpha value is -3.08. The Bertz CT molecular complexity index is 843. The summed E-state index contributed by atoms with van der Waals surface area (Å²) in [5, 5.41) is 3.91. The maximum Gasteiger partial charge on any atom is 0.275 e. The Morgan fingerprint density at radius 2 is 1.84 bits per heavy atom. The minimum absolute atomic E-state index is 0.166. The normalized spacial score (nSPS) is 10.5. The second kappa shape index (κ2) is 7.66. The fourth-order valence-electron chi connectivity index (χ4n) is 2.61. The summed E-state index contributed by atoms with van der Waals surface area (Å²) < 4.78 is 10.6. The Balaban J connectivity index is 1.66. The van der Waals surface area contributed by atoms with Gasteiger partial charge in [0.1, 0.15) is 5.75 Å². The molecule has 0 saturated heterocycles. The number of ether oxygens (including phenoxy) is 1. The van der Waals surface area contributed by atoms with Gasteiger partial charge in [0, 0.05) is 25.2 Å². The summed E-state index contributed by atoms with van der Waals surface area (Å²) in [6, 6.07) is 19.1. The Morgan fingerprint density at radius 3 is 2.60 bits per heavy atom. The van der Waals surface area contributed by atoms with Crippen molar-refractivity contribution in [2.75, 3.05) is 20.7 Å². The van der Waals surface area contributed by atoms with Crippen molar-refractivity contribution in [1.29, 1.82) is 0 Å². The lowest BCUT2D eigenvalue weighted by atomic mass is 10.1. The molecule has 3 aromatic rings. The highest BCUT2D eigenvalue weighted by atomic mass is 16.5. The van der Waals surface area contributed by atoms with Crippen molar-refractivity contribution in [3.05, 3.63) is 71.9 Å². The molecule has 0 aliphatic carbocycles. The number of carbonyl (C=O) groups excluding carboxylic acids is 1. The van der Waals surface area contributed by atoms with Crippen molar-refractivity contribution in [3.8, 4) is 17.1 Å². The largest absolute Gasteiger partial charge is 0.496 e. The van der Waals surface area contributed by atoms with Crippen molar-refractivity contribution >= 4 is 5.91 Å². The molecule has 25 heavy (non-hydrogen) atoms. The second-order valence-corrected chi connectivity index (χ2v) is 5.73. The zero-order valence-electron chi connectivity index (χ0n) is 14.3. The molecule has 1 heterocycles. The molecule has 0 bridgehead atoms. The number of nitrogens with zero attached hydrogens (tertiary/aromatic N) is 2. The maximum absolute atomic E-state index is 12.5. The van der Waals surface area contributed by atoms with Crippen LogP contribution in [-0.4, -0.2) is 36.7 Å². The van der Waals surface area contributed by atoms with E-state index in [0.29, 0.717) is 24.4 Å². The lowest BCUT2D eigenvalue weighted by molar-refractivity contribution is 0.0786. The highest BCUT2D eigenvalue weighted by Crippen LogP contribution is 2.21. The van der Waals surface area contributed by atoms with E-state index >= 15 is 0 Å². The van der Waals surface area contributed by atoms with Crippen LogP contribution in [0.2, 0.25) is 0 Å². The van der Waals surface area contributed by atoms with Crippen LogP contribution in [0.1, 0.15) is 16.1 Å². The Labute approximate surface area is 146 Å². The van der Waals surface area contributed by atoms with Gasteiger partial charge in [-0.25, -0.2) is 0 Å². The van der Waals surface area contributed by atoms with Gasteiger partial charge in [-0.05, 0) is 18.1 Å². The minimum Gasteiger partial charge on any atom is -0.496 e. The van der Waals surface area contributed by atoms with Crippen LogP contribution in [0.15, 0.2) is 65.2 Å². The summed E-state index contributed by atoms with van der Waals surface area (Å²) in [5.74, 6) is 1.25. The van der Waals surface area contributed by atoms with Gasteiger partial charge >= 0.3 is 0 Å². The molecular weight excluding hydrogens is 316 g/mol. The molecule has 5 heteroatoms. The molecule has 0 radical (unpaired) electrons. The number of hydrogen-bond donors (Lipinski definition) is 0. The second-order valence-electron chi connectivity index (χ2n) is 5.73. The average Bonchev–Trinajstić information content (AvgIpc) is 3.16. The number of hydrogen-bond acceptors (Lipinski definition) is 4. The van der Waals surface area contributed by atoms with Gasteiger partial charge in [-0.3, -0.25) is 4.79 Å². The predicted octanol–water partition coefficient (Wildman–Crippen LogP) is 3.66. The summed E-state index contributed by atoms with van der Waals surface area (Å²) in [4.78, 5) is 14.2. The average molecular weight is 336 g/mol. The lowest BCUT2D eigenvalue weighted by Crippen LogP contribution is -2.29. The standard InChI is InChI=1S/C20H20N2O3/c1-22(13-12-16-10-6-7-11-18(16)24-2)20(23)17-14-19(25-21-17)15-8-4-3-5-9-15/h3-11,14H,12-13H2,1-2H3. The molecule has 5 nitrogen and oxygen atoms in total. The van der Waals surface area contributed by atoms with Gasteiger partial charge in [-0.1, -0.05) is 53.7 Å². The van der Waals surface area contributed by atoms with Gasteiger partial charge in [-0.15, -0.1) is 0 Å². The topological polar surface area (TPSA) is 55.6 Å². The van der Waals surface area contributed by atoms with Crippen molar-refractivity contribution in [3.63, 3.8) is 0 Å². The fourth-order valence-corrected chi connectivity index (χ4v) is 2.61. The smallest absolute Gasteiger partial charge is 0.275 e. The lowest BCUT2D eigenvalue weighted by Gasteiger charge is -2.16. The molecule has 0 saturated carbocycles. The van der Waals surface area contributed by atoms with Crippen LogP contribution in [0.5, 0.6) is 5.75 Å². The van der Waals surface area contributed by atoms with Gasteiger partial charge in [0.15, 0.2) is 11.5 Å². The molecule has 0 aliphatic heterocycles. The van der Waals surface area contributed by atoms with E-state index in [9.17, 15) is 4.79 Å². The molecule has 1 amide bonds. The van der Waals surface area contributed by atoms with E-state index in [2.05, 4.69) is 5.16 Å². The maximum atomic E-state index is 12.5. The molecule has 1 aromatic heterocycles. The third kappa shape index (κ3) is 3.88. The quantitative estimate of drug-likeness (QED) is 0.689. The zero-order chi connectivity index (χ0) is 17.6. The number of likely N-dealkylation sites (N-methyl/N-ethyl adjacent to an activating group) is 1. The van der Waals surface area contributed by atoms with Crippen LogP contribution in [-0.2, 0) is 6.42 Å². The molecular formula is C20H20N2O3. The zero-order valence-corrected chi connectivity index (χ0v) is 14.3. The molecule has 128 valence electrons. The molecule has 0 fully saturated rings. The molecule has 0 atom stereocenters. The van der Waals surface area contributed by atoms with E-state index in [0.717, 1.165) is 16.9 Å². The summed E-state index contributed by atoms with van der Waals surface area (Å²) in [5.41, 5.74) is 2.27. The number of rotatable bonds is 6. The first-order valence-electron chi connectivity index (χ1n) is 8.08. The summed E-state index contributed by atoms with van der Waals surface area (Å²) in [6.45, 7) is 0.562. The van der Waals surface area contributed by atoms with Gasteiger partial charge < -0.3 is 14.2 Å². The van der Waals surface area contributed by atoms with E-state index < -0.39 is 0 Å². The van der Waals surface area contributed by atoms with Gasteiger partial charge in [0.05, 0.1) is 7.11 Å². The van der Waals surface area contributed by atoms with Crippen LogP contribution in [0, 0.1) is 0 Å². The van der Waals surface area contributed by atoms with Gasteiger partial charge in [-0.2, -0.15) is 0 Å². The molecule has 0 N–H and O–H groups in total. The Kier molecular flexibility index (Phi) is 5.14. The van der Waals surface area contributed by atoms with E-state index in [1.54, 1.807) is 25.1 Å². The fraction of sp³-hybridized carbons (Fsp3) is 0.200. The SMILES string of the molecule is COc1ccccc1CCN(C)C(=O)c1cc(-c2ccccc2)on1. The molecule has 3 rings (SSSR count). The monoisotopic (exact) mass is 336 g/mol. The van der Waals surface area contributed by atoms with Crippen LogP contribution >= 0.6 is 0 Å². The summed E-state index contributed by atoms with van der Waals surface area (Å²) in [7, 11) is 3.41. The van der Waals surface area contributed by atoms with Crippen molar-refractivity contribution in [1.82, 2.24) is 10.1 Å². The van der Waals surface area contributed by atoms with Crippen LogP contribution in [0.25, 0.3) is 11.3 Å². The number of amides is 1. The van der Waals surface area contributed by atoms with Gasteiger partial charge in [0.25, 0.3) is 5.91 Å². The van der Waals surface area contributed by atoms with E-state index in [-0.39, 0.29) is 5.91 Å². The number of aromatic nitrogens is 1. The minimum atomic E-state index is -0.166. The van der Waals surface area contributed by atoms with Crippen LogP contribution in [0.3, 0.4) is 0 Å². The summed E-state index contributed by atoms with van der Waals surface area (Å²) >= 11 is 0. The number of carbonyl (C=O) groups is 1. The van der Waals surface area contributed by atoms with Crippen molar-refractivity contribution in [2.24, 2.45) is 0 Å². The van der Waals surface area contributed by atoms with E-state index in [1.807, 2.05) is 54.6 Å². The first kappa shape index (κ1) is 16.8. The van der Waals surface area contributed by atoms with Gasteiger partial charge in [0.2, 0.25) is 0 Å². The summed E-state index contributed by atoms with van der Waals surface area (Å²) in [6.07, 6.45) is 0.704. The third-order valence-electron chi connectivity index (χ3n) is 4.04. The molecule has 0 spiro atoms. The highest BCUT2D eigenvalue weighted by Gasteiger charge is 2.18. The number of para-hydroxylation sites is 1. The number of methoxy groups -OCH3 is 1. The first-order valence-corrected chi connectivity index (χ1v) is 8.08. The first-order chi connectivity index (χ1) is 12.2. The molecule has 0 aliphatic rings. The predicted molar refractivity (Wildman–Crippen MR) is 95.6 cm³/mol. The van der Waals surface area contributed by atoms with Crippen LogP contribution in [0.4, 0.5) is 0 Å². The third-order valence-corrected chi connectivity index (χ3v) is 4.04. The van der Waals surface area contributed by atoms with Crippen LogP contribution < -0.4 is 4.74 Å². The van der Waals surface area contributed by atoms with Crippen molar-refractivity contribution < 1.29 is 14.1 Å². The van der Waals surface area contributed by atoms with E-state index in [4.69, 9.17) is 9.26 Å². The number of benzene rings is 2. The Morgan fingerprint density at radius 1 is 1.12 bits per heavy atom. The van der Waals surface area contributed by atoms with E-state index in [1.165, 1.54) is 0 Å². The van der Waals surface area contributed by atoms with Crippen molar-refractivity contribution in [2.45, 2.75) is 6.42 Å². The highest BCUT2D eigenvalue weighted by molar-refractivity contribution is 5.92. The molecule has 0 unspecified atom stereocenters.